The molecule has 10 heteroatoms. The molecule has 0 aromatic heterocycles. The molecule has 0 unspecified atom stereocenters. The van der Waals surface area contributed by atoms with Crippen LogP contribution in [0.2, 0.25) is 5.02 Å². The monoisotopic (exact) mass is 472 g/mol. The lowest BCUT2D eigenvalue weighted by Gasteiger charge is -2.30. The number of hydrogen-bond acceptors (Lipinski definition) is 6. The van der Waals surface area contributed by atoms with Gasteiger partial charge in [-0.15, -0.1) is 0 Å². The Morgan fingerprint density at radius 2 is 1.90 bits per heavy atom. The van der Waals surface area contributed by atoms with Crippen molar-refractivity contribution in [3.63, 3.8) is 0 Å². The number of halogens is 1. The fourth-order valence-electron chi connectivity index (χ4n) is 3.87. The molecule has 1 aliphatic heterocycles. The van der Waals surface area contributed by atoms with Crippen molar-refractivity contribution in [2.24, 2.45) is 5.92 Å². The smallest absolute Gasteiger partial charge is 0.340 e. The van der Waals surface area contributed by atoms with E-state index in [1.807, 2.05) is 0 Å². The van der Waals surface area contributed by atoms with Crippen LogP contribution in [0.25, 0.3) is 0 Å². The molecule has 8 nitrogen and oxygen atoms in total. The van der Waals surface area contributed by atoms with Gasteiger partial charge in [0.1, 0.15) is 0 Å². The van der Waals surface area contributed by atoms with E-state index < -0.39 is 22.1 Å². The van der Waals surface area contributed by atoms with Crippen molar-refractivity contribution in [3.05, 3.63) is 28.8 Å². The van der Waals surface area contributed by atoms with Gasteiger partial charge in [-0.25, -0.2) is 13.2 Å². The summed E-state index contributed by atoms with van der Waals surface area (Å²) in [5.41, 5.74) is -0.0957. The Morgan fingerprint density at radius 1 is 1.23 bits per heavy atom. The standard InChI is InChI=1S/C21H29ClN2O6S/c1-14-5-3-4-6-19(14)23-20(25)15(2)30-21(26)17-13-16(7-8-18(17)22)31(27,28)24-9-11-29-12-10-24/h7-8,13-15,19H,3-6,9-12H2,1-2H3,(H,23,25)/t14-,15-,19+/m0/s1. The number of benzene rings is 1. The van der Waals surface area contributed by atoms with Crippen molar-refractivity contribution in [1.29, 1.82) is 0 Å². The molecule has 31 heavy (non-hydrogen) atoms. The van der Waals surface area contributed by atoms with Crippen molar-refractivity contribution in [3.8, 4) is 0 Å². The maximum absolute atomic E-state index is 12.9. The highest BCUT2D eigenvalue weighted by Crippen LogP contribution is 2.26. The Labute approximate surface area is 188 Å². The molecule has 1 N–H and O–H groups in total. The molecular weight excluding hydrogens is 444 g/mol. The van der Waals surface area contributed by atoms with Crippen LogP contribution in [0.5, 0.6) is 0 Å². The summed E-state index contributed by atoms with van der Waals surface area (Å²) in [5, 5.41) is 3.01. The zero-order valence-electron chi connectivity index (χ0n) is 17.8. The molecule has 172 valence electrons. The molecule has 1 saturated heterocycles. The van der Waals surface area contributed by atoms with E-state index in [0.29, 0.717) is 19.1 Å². The molecule has 0 spiro atoms. The van der Waals surface area contributed by atoms with Crippen LogP contribution in [0.4, 0.5) is 0 Å². The number of amides is 1. The predicted molar refractivity (Wildman–Crippen MR) is 115 cm³/mol. The van der Waals surface area contributed by atoms with Crippen LogP contribution >= 0.6 is 11.6 Å². The van der Waals surface area contributed by atoms with Gasteiger partial charge in [-0.2, -0.15) is 4.31 Å². The average Bonchev–Trinajstić information content (AvgIpc) is 2.76. The van der Waals surface area contributed by atoms with E-state index in [0.717, 1.165) is 25.7 Å². The van der Waals surface area contributed by atoms with Crippen LogP contribution in [0, 0.1) is 5.92 Å². The minimum absolute atomic E-state index is 0.0550. The number of carbonyl (C=O) groups excluding carboxylic acids is 2. The van der Waals surface area contributed by atoms with Crippen molar-refractivity contribution in [1.82, 2.24) is 9.62 Å². The van der Waals surface area contributed by atoms with Gasteiger partial charge in [0, 0.05) is 19.1 Å². The Bertz CT molecular complexity index is 916. The molecule has 0 bridgehead atoms. The van der Waals surface area contributed by atoms with Crippen molar-refractivity contribution in [2.75, 3.05) is 26.3 Å². The summed E-state index contributed by atoms with van der Waals surface area (Å²) >= 11 is 6.13. The number of sulfonamides is 1. The van der Waals surface area contributed by atoms with E-state index in [1.165, 1.54) is 29.4 Å². The van der Waals surface area contributed by atoms with Gasteiger partial charge in [0.15, 0.2) is 6.10 Å². The van der Waals surface area contributed by atoms with Gasteiger partial charge in [-0.3, -0.25) is 4.79 Å². The lowest BCUT2D eigenvalue weighted by molar-refractivity contribution is -0.130. The third-order valence-electron chi connectivity index (χ3n) is 5.86. The molecule has 3 rings (SSSR count). The number of esters is 1. The van der Waals surface area contributed by atoms with E-state index >= 15 is 0 Å². The first-order chi connectivity index (χ1) is 14.7. The number of rotatable bonds is 6. The fourth-order valence-corrected chi connectivity index (χ4v) is 5.50. The summed E-state index contributed by atoms with van der Waals surface area (Å²) in [7, 11) is -3.80. The molecule has 1 aromatic rings. The SMILES string of the molecule is C[C@H](OC(=O)c1cc(S(=O)(=O)N2CCOCC2)ccc1Cl)C(=O)N[C@@H]1CCCC[C@@H]1C. The first-order valence-electron chi connectivity index (χ1n) is 10.6. The van der Waals surface area contributed by atoms with Gasteiger partial charge in [0.25, 0.3) is 5.91 Å². The van der Waals surface area contributed by atoms with Crippen molar-refractivity contribution >= 4 is 33.5 Å². The molecule has 3 atom stereocenters. The van der Waals surface area contributed by atoms with Crippen molar-refractivity contribution < 1.29 is 27.5 Å². The third kappa shape index (κ3) is 5.77. The number of carbonyl (C=O) groups is 2. The second kappa shape index (κ2) is 10.3. The summed E-state index contributed by atoms with van der Waals surface area (Å²) < 4.78 is 37.5. The molecule has 1 aliphatic carbocycles. The van der Waals surface area contributed by atoms with Gasteiger partial charge in [0.05, 0.1) is 28.7 Å². The fraction of sp³-hybridized carbons (Fsp3) is 0.619. The van der Waals surface area contributed by atoms with Crippen LogP contribution < -0.4 is 5.32 Å². The Kier molecular flexibility index (Phi) is 7.96. The number of hydrogen-bond donors (Lipinski definition) is 1. The highest BCUT2D eigenvalue weighted by Gasteiger charge is 2.30. The lowest BCUT2D eigenvalue weighted by Crippen LogP contribution is -2.46. The zero-order valence-corrected chi connectivity index (χ0v) is 19.4. The summed E-state index contributed by atoms with van der Waals surface area (Å²) in [4.78, 5) is 25.1. The summed E-state index contributed by atoms with van der Waals surface area (Å²) in [6.45, 7) is 4.69. The zero-order chi connectivity index (χ0) is 22.6. The van der Waals surface area contributed by atoms with Gasteiger partial charge in [-0.1, -0.05) is 31.4 Å². The van der Waals surface area contributed by atoms with Gasteiger partial charge in [-0.05, 0) is 43.9 Å². The number of ether oxygens (including phenoxy) is 2. The molecule has 0 radical (unpaired) electrons. The highest BCUT2D eigenvalue weighted by molar-refractivity contribution is 7.89. The van der Waals surface area contributed by atoms with Gasteiger partial charge < -0.3 is 14.8 Å². The van der Waals surface area contributed by atoms with Gasteiger partial charge >= 0.3 is 5.97 Å². The number of nitrogens with one attached hydrogen (secondary N) is 1. The molecule has 2 aliphatic rings. The minimum atomic E-state index is -3.80. The van der Waals surface area contributed by atoms with E-state index in [4.69, 9.17) is 21.1 Å². The Hall–Kier alpha value is -1.68. The summed E-state index contributed by atoms with van der Waals surface area (Å²) in [6.07, 6.45) is 3.14. The van der Waals surface area contributed by atoms with Crippen LogP contribution in [0.1, 0.15) is 49.9 Å². The first-order valence-corrected chi connectivity index (χ1v) is 12.4. The molecule has 1 heterocycles. The second-order valence-electron chi connectivity index (χ2n) is 8.08. The first kappa shape index (κ1) is 24.0. The molecule has 1 aromatic carbocycles. The molecular formula is C21H29ClN2O6S. The maximum Gasteiger partial charge on any atom is 0.340 e. The minimum Gasteiger partial charge on any atom is -0.449 e. The quantitative estimate of drug-likeness (QED) is 0.638. The van der Waals surface area contributed by atoms with Crippen LogP contribution in [0.3, 0.4) is 0 Å². The van der Waals surface area contributed by atoms with Crippen LogP contribution in [-0.2, 0) is 24.3 Å². The summed E-state index contributed by atoms with van der Waals surface area (Å²) in [5.74, 6) is -0.846. The second-order valence-corrected chi connectivity index (χ2v) is 10.4. The number of nitrogens with zero attached hydrogens (tertiary/aromatic N) is 1. The molecule has 2 fully saturated rings. The predicted octanol–water partition coefficient (Wildman–Crippen LogP) is 2.60. The van der Waals surface area contributed by atoms with E-state index in [9.17, 15) is 18.0 Å². The lowest BCUT2D eigenvalue weighted by atomic mass is 9.86. The van der Waals surface area contributed by atoms with E-state index in [1.54, 1.807) is 0 Å². The highest BCUT2D eigenvalue weighted by atomic mass is 35.5. The maximum atomic E-state index is 12.9. The topological polar surface area (TPSA) is 102 Å². The van der Waals surface area contributed by atoms with Crippen molar-refractivity contribution in [2.45, 2.75) is 56.6 Å². The average molecular weight is 473 g/mol. The van der Waals surface area contributed by atoms with Gasteiger partial charge in [0.2, 0.25) is 10.0 Å². The molecule has 1 amide bonds. The normalized spacial score (nSPS) is 23.7. The number of morpholine rings is 1. The largest absolute Gasteiger partial charge is 0.449 e. The Morgan fingerprint density at radius 3 is 2.58 bits per heavy atom. The van der Waals surface area contributed by atoms with Crippen LogP contribution in [0.15, 0.2) is 23.1 Å². The third-order valence-corrected chi connectivity index (χ3v) is 8.08. The van der Waals surface area contributed by atoms with Crippen LogP contribution in [-0.4, -0.2) is 63.0 Å². The van der Waals surface area contributed by atoms with E-state index in [-0.39, 0.29) is 40.5 Å². The Balaban J connectivity index is 1.69. The molecule has 1 saturated carbocycles. The summed E-state index contributed by atoms with van der Waals surface area (Å²) in [6, 6.07) is 3.96. The van der Waals surface area contributed by atoms with E-state index in [2.05, 4.69) is 12.2 Å².